The zero-order chi connectivity index (χ0) is 20.9. The Hall–Kier alpha value is -2.98. The van der Waals surface area contributed by atoms with Crippen LogP contribution in [0.15, 0.2) is 47.4 Å². The molecule has 10 heteroatoms. The Morgan fingerprint density at radius 2 is 1.89 bits per heavy atom. The minimum absolute atomic E-state index is 0.0389. The lowest BCUT2D eigenvalue weighted by molar-refractivity contribution is -0.385. The number of benzene rings is 2. The summed E-state index contributed by atoms with van der Waals surface area (Å²) in [5.41, 5.74) is 0.231. The highest BCUT2D eigenvalue weighted by Crippen LogP contribution is 2.28. The quantitative estimate of drug-likeness (QED) is 0.511. The highest BCUT2D eigenvalue weighted by Gasteiger charge is 2.20. The molecular formula is C18H21N3O6S. The predicted octanol–water partition coefficient (Wildman–Crippen LogP) is 2.47. The van der Waals surface area contributed by atoms with Gasteiger partial charge in [-0.25, -0.2) is 13.1 Å². The maximum atomic E-state index is 12.4. The van der Waals surface area contributed by atoms with Crippen LogP contribution < -0.4 is 14.8 Å². The number of sulfonamides is 1. The summed E-state index contributed by atoms with van der Waals surface area (Å²) in [6.07, 6.45) is -0.248. The van der Waals surface area contributed by atoms with Crippen molar-refractivity contribution < 1.29 is 22.9 Å². The second-order valence-corrected chi connectivity index (χ2v) is 7.96. The second-order valence-electron chi connectivity index (χ2n) is 6.25. The van der Waals surface area contributed by atoms with Crippen molar-refractivity contribution in [3.8, 4) is 5.75 Å². The molecule has 28 heavy (non-hydrogen) atoms. The number of hydrogen-bond acceptors (Lipinski definition) is 6. The van der Waals surface area contributed by atoms with Gasteiger partial charge in [0, 0.05) is 17.7 Å². The van der Waals surface area contributed by atoms with Crippen LogP contribution >= 0.6 is 0 Å². The van der Waals surface area contributed by atoms with E-state index in [4.69, 9.17) is 4.74 Å². The molecular weight excluding hydrogens is 386 g/mol. The number of amides is 1. The number of nitro groups is 1. The van der Waals surface area contributed by atoms with Gasteiger partial charge in [0.2, 0.25) is 15.9 Å². The minimum Gasteiger partial charge on any atom is -0.495 e. The monoisotopic (exact) mass is 407 g/mol. The van der Waals surface area contributed by atoms with E-state index in [-0.39, 0.29) is 40.0 Å². The highest BCUT2D eigenvalue weighted by molar-refractivity contribution is 7.89. The van der Waals surface area contributed by atoms with Crippen LogP contribution in [0.25, 0.3) is 0 Å². The fourth-order valence-electron chi connectivity index (χ4n) is 2.54. The van der Waals surface area contributed by atoms with E-state index in [1.807, 2.05) is 0 Å². The molecule has 0 heterocycles. The van der Waals surface area contributed by atoms with Gasteiger partial charge in [0.1, 0.15) is 5.75 Å². The number of ether oxygens (including phenoxy) is 1. The van der Waals surface area contributed by atoms with Crippen LogP contribution in [0.2, 0.25) is 0 Å². The molecule has 2 rings (SSSR count). The van der Waals surface area contributed by atoms with Crippen molar-refractivity contribution in [1.29, 1.82) is 0 Å². The Kier molecular flexibility index (Phi) is 6.71. The van der Waals surface area contributed by atoms with Crippen LogP contribution in [0, 0.1) is 10.1 Å². The molecule has 0 atom stereocenters. The van der Waals surface area contributed by atoms with Crippen molar-refractivity contribution in [1.82, 2.24) is 4.72 Å². The number of anilines is 1. The van der Waals surface area contributed by atoms with Crippen molar-refractivity contribution in [3.05, 3.63) is 58.1 Å². The Balaban J connectivity index is 2.29. The molecule has 0 radical (unpaired) electrons. The van der Waals surface area contributed by atoms with Gasteiger partial charge in [-0.15, -0.1) is 0 Å². The number of hydrogen-bond donors (Lipinski definition) is 2. The topological polar surface area (TPSA) is 128 Å². The molecule has 0 aromatic heterocycles. The molecule has 0 fully saturated rings. The predicted molar refractivity (Wildman–Crippen MR) is 104 cm³/mol. The molecule has 2 aromatic rings. The van der Waals surface area contributed by atoms with Crippen molar-refractivity contribution >= 4 is 27.3 Å². The van der Waals surface area contributed by atoms with E-state index in [0.717, 1.165) is 0 Å². The van der Waals surface area contributed by atoms with E-state index in [1.165, 1.54) is 43.5 Å². The van der Waals surface area contributed by atoms with E-state index in [2.05, 4.69) is 10.0 Å². The summed E-state index contributed by atoms with van der Waals surface area (Å²) in [5.74, 6) is -0.279. The molecule has 0 aliphatic heterocycles. The molecule has 0 spiro atoms. The van der Waals surface area contributed by atoms with Gasteiger partial charge in [0.25, 0.3) is 5.69 Å². The summed E-state index contributed by atoms with van der Waals surface area (Å²) in [4.78, 5) is 22.9. The van der Waals surface area contributed by atoms with Gasteiger partial charge in [0.05, 0.1) is 29.0 Å². The summed E-state index contributed by atoms with van der Waals surface area (Å²) < 4.78 is 32.3. The summed E-state index contributed by atoms with van der Waals surface area (Å²) in [6, 6.07) is 9.68. The molecule has 0 aliphatic rings. The molecule has 0 saturated heterocycles. The molecule has 0 unspecified atom stereocenters. The Labute approximate surface area is 162 Å². The number of nitro benzene ring substituents is 1. The van der Waals surface area contributed by atoms with E-state index in [0.29, 0.717) is 0 Å². The van der Waals surface area contributed by atoms with Gasteiger partial charge in [-0.1, -0.05) is 18.2 Å². The number of nitrogens with zero attached hydrogens (tertiary/aromatic N) is 1. The third-order valence-corrected chi connectivity index (χ3v) is 5.34. The number of nitrogens with one attached hydrogen (secondary N) is 2. The van der Waals surface area contributed by atoms with Crippen LogP contribution in [-0.2, 0) is 21.2 Å². The molecule has 2 N–H and O–H groups in total. The first kappa shape index (κ1) is 21.3. The van der Waals surface area contributed by atoms with Crippen LogP contribution in [0.4, 0.5) is 11.4 Å². The first-order valence-electron chi connectivity index (χ1n) is 8.36. The first-order chi connectivity index (χ1) is 13.1. The smallest absolute Gasteiger partial charge is 0.273 e. The molecule has 0 saturated carbocycles. The lowest BCUT2D eigenvalue weighted by Crippen LogP contribution is -2.30. The zero-order valence-corrected chi connectivity index (χ0v) is 16.4. The van der Waals surface area contributed by atoms with Crippen LogP contribution in [0.5, 0.6) is 5.75 Å². The van der Waals surface area contributed by atoms with E-state index in [1.54, 1.807) is 19.9 Å². The minimum atomic E-state index is -3.77. The number of para-hydroxylation sites is 1. The van der Waals surface area contributed by atoms with Gasteiger partial charge < -0.3 is 10.1 Å². The maximum absolute atomic E-state index is 12.4. The SMILES string of the molecule is COc1ccc(S(=O)(=O)NC(C)C)cc1NC(=O)Cc1ccccc1[N+](=O)[O-]. The van der Waals surface area contributed by atoms with Crippen molar-refractivity contribution in [2.45, 2.75) is 31.2 Å². The van der Waals surface area contributed by atoms with E-state index >= 15 is 0 Å². The third kappa shape index (κ3) is 5.27. The number of carbonyl (C=O) groups excluding carboxylic acids is 1. The average Bonchev–Trinajstić information content (AvgIpc) is 2.60. The van der Waals surface area contributed by atoms with Gasteiger partial charge >= 0.3 is 0 Å². The van der Waals surface area contributed by atoms with Crippen molar-refractivity contribution in [3.63, 3.8) is 0 Å². The molecule has 0 bridgehead atoms. The second kappa shape index (κ2) is 8.81. The van der Waals surface area contributed by atoms with Gasteiger partial charge in [-0.2, -0.15) is 0 Å². The molecule has 9 nitrogen and oxygen atoms in total. The first-order valence-corrected chi connectivity index (χ1v) is 9.85. The fraction of sp³-hybridized carbons (Fsp3) is 0.278. The van der Waals surface area contributed by atoms with E-state index < -0.39 is 20.9 Å². The highest BCUT2D eigenvalue weighted by atomic mass is 32.2. The standard InChI is InChI=1S/C18H21N3O6S/c1-12(2)20-28(25,26)14-8-9-17(27-3)15(11-14)19-18(22)10-13-6-4-5-7-16(13)21(23)24/h4-9,11-12,20H,10H2,1-3H3,(H,19,22). The van der Waals surface area contributed by atoms with Gasteiger partial charge in [-0.05, 0) is 32.0 Å². The number of carbonyl (C=O) groups is 1. The largest absolute Gasteiger partial charge is 0.495 e. The number of rotatable bonds is 8. The molecule has 150 valence electrons. The summed E-state index contributed by atoms with van der Waals surface area (Å²) in [6.45, 7) is 3.38. The van der Waals surface area contributed by atoms with Crippen molar-refractivity contribution in [2.24, 2.45) is 0 Å². The lowest BCUT2D eigenvalue weighted by atomic mass is 10.1. The molecule has 0 aliphatic carbocycles. The maximum Gasteiger partial charge on any atom is 0.273 e. The van der Waals surface area contributed by atoms with Crippen LogP contribution in [-0.4, -0.2) is 32.4 Å². The van der Waals surface area contributed by atoms with Crippen LogP contribution in [0.1, 0.15) is 19.4 Å². The summed E-state index contributed by atoms with van der Waals surface area (Å²) >= 11 is 0. The number of methoxy groups -OCH3 is 1. The summed E-state index contributed by atoms with van der Waals surface area (Å²) in [5, 5.41) is 13.6. The fourth-order valence-corrected chi connectivity index (χ4v) is 3.81. The molecule has 1 amide bonds. The molecule has 2 aromatic carbocycles. The normalized spacial score (nSPS) is 11.3. The third-order valence-electron chi connectivity index (χ3n) is 3.69. The van der Waals surface area contributed by atoms with Gasteiger partial charge in [-0.3, -0.25) is 14.9 Å². The van der Waals surface area contributed by atoms with Crippen molar-refractivity contribution in [2.75, 3.05) is 12.4 Å². The Morgan fingerprint density at radius 3 is 2.50 bits per heavy atom. The average molecular weight is 407 g/mol. The summed E-state index contributed by atoms with van der Waals surface area (Å²) in [7, 11) is -2.38. The Bertz CT molecular complexity index is 989. The van der Waals surface area contributed by atoms with Gasteiger partial charge in [0.15, 0.2) is 0 Å². The lowest BCUT2D eigenvalue weighted by Gasteiger charge is -2.14. The van der Waals surface area contributed by atoms with E-state index in [9.17, 15) is 23.3 Å². The van der Waals surface area contributed by atoms with Crippen LogP contribution in [0.3, 0.4) is 0 Å². The zero-order valence-electron chi connectivity index (χ0n) is 15.6. The Morgan fingerprint density at radius 1 is 1.21 bits per heavy atom.